The summed E-state index contributed by atoms with van der Waals surface area (Å²) < 4.78 is 29.2. The molecule has 0 fully saturated rings. The van der Waals surface area contributed by atoms with Gasteiger partial charge in [0.2, 0.25) is 0 Å². The van der Waals surface area contributed by atoms with Crippen molar-refractivity contribution < 1.29 is 28.2 Å². The summed E-state index contributed by atoms with van der Waals surface area (Å²) in [5.41, 5.74) is 0.119. The molecule has 1 amide bonds. The number of aromatic carboxylic acids is 1. The topological polar surface area (TPSA) is 99.4 Å². The maximum absolute atomic E-state index is 12.4. The summed E-state index contributed by atoms with van der Waals surface area (Å²) in [5, 5.41) is 20.4. The number of carbonyl (C=O) groups excluding carboxylic acids is 1. The minimum absolute atomic E-state index is 0.0390. The Morgan fingerprint density at radius 3 is 2.38 bits per heavy atom. The van der Waals surface area contributed by atoms with Gasteiger partial charge in [0.1, 0.15) is 17.4 Å². The van der Waals surface area contributed by atoms with E-state index in [-0.39, 0.29) is 28.1 Å². The van der Waals surface area contributed by atoms with Gasteiger partial charge < -0.3 is 15.2 Å². The largest absolute Gasteiger partial charge is 0.478 e. The second kappa shape index (κ2) is 8.39. The summed E-state index contributed by atoms with van der Waals surface area (Å²) in [5.74, 6) is -2.06. The number of para-hydroxylation sites is 1. The summed E-state index contributed by atoms with van der Waals surface area (Å²) >= 11 is 0. The van der Waals surface area contributed by atoms with Crippen molar-refractivity contribution in [1.82, 2.24) is 0 Å². The quantitative estimate of drug-likeness (QED) is 0.608. The minimum Gasteiger partial charge on any atom is -0.478 e. The normalized spacial score (nSPS) is 10.9. The van der Waals surface area contributed by atoms with E-state index in [1.54, 1.807) is 12.1 Å². The van der Waals surface area contributed by atoms with E-state index in [2.05, 4.69) is 10.1 Å². The second-order valence-corrected chi connectivity index (χ2v) is 4.92. The van der Waals surface area contributed by atoms with Crippen molar-refractivity contribution >= 4 is 23.6 Å². The number of carbonyl (C=O) groups is 2. The first-order chi connectivity index (χ1) is 12.4. The molecular weight excluding hydrogens is 346 g/mol. The number of nitriles is 1. The lowest BCUT2D eigenvalue weighted by atomic mass is 10.1. The molecule has 0 saturated carbocycles. The monoisotopic (exact) mass is 358 g/mol. The molecule has 2 N–H and O–H groups in total. The van der Waals surface area contributed by atoms with Crippen molar-refractivity contribution in [3.63, 3.8) is 0 Å². The molecular formula is C18H12F2N2O4. The zero-order valence-corrected chi connectivity index (χ0v) is 13.1. The number of amides is 1. The van der Waals surface area contributed by atoms with E-state index in [1.807, 2.05) is 0 Å². The molecule has 26 heavy (non-hydrogen) atoms. The van der Waals surface area contributed by atoms with Crippen LogP contribution < -0.4 is 10.1 Å². The van der Waals surface area contributed by atoms with Gasteiger partial charge in [0.15, 0.2) is 0 Å². The molecule has 0 aliphatic rings. The number of nitrogens with one attached hydrogen (secondary N) is 1. The first kappa shape index (κ1) is 18.6. The van der Waals surface area contributed by atoms with Crippen molar-refractivity contribution in [2.24, 2.45) is 0 Å². The van der Waals surface area contributed by atoms with Crippen LogP contribution in [-0.4, -0.2) is 23.6 Å². The lowest BCUT2D eigenvalue weighted by molar-refractivity contribution is -0.112. The molecule has 0 aliphatic carbocycles. The molecule has 0 aliphatic heterocycles. The molecule has 132 valence electrons. The number of nitrogens with zero attached hydrogens (tertiary/aromatic N) is 1. The van der Waals surface area contributed by atoms with E-state index in [0.717, 1.165) is 6.08 Å². The van der Waals surface area contributed by atoms with E-state index in [0.29, 0.717) is 0 Å². The molecule has 0 aromatic heterocycles. The average Bonchev–Trinajstić information content (AvgIpc) is 2.60. The molecule has 0 saturated heterocycles. The van der Waals surface area contributed by atoms with Crippen LogP contribution in [0.25, 0.3) is 6.08 Å². The SMILES string of the molecule is N#C/C(=C\c1ccccc1OC(F)F)C(=O)Nc1ccc(C(=O)O)cc1. The molecule has 2 aromatic rings. The Kier molecular flexibility index (Phi) is 6.01. The van der Waals surface area contributed by atoms with Gasteiger partial charge in [-0.05, 0) is 36.4 Å². The second-order valence-electron chi connectivity index (χ2n) is 4.92. The van der Waals surface area contributed by atoms with Gasteiger partial charge in [0, 0.05) is 11.3 Å². The van der Waals surface area contributed by atoms with Crippen LogP contribution in [0.3, 0.4) is 0 Å². The highest BCUT2D eigenvalue weighted by Crippen LogP contribution is 2.23. The number of hydrogen-bond acceptors (Lipinski definition) is 4. The van der Waals surface area contributed by atoms with Gasteiger partial charge in [0.05, 0.1) is 5.56 Å². The van der Waals surface area contributed by atoms with Crippen LogP contribution in [0.2, 0.25) is 0 Å². The Labute approximate surface area is 146 Å². The number of benzene rings is 2. The van der Waals surface area contributed by atoms with Crippen molar-refractivity contribution in [2.45, 2.75) is 6.61 Å². The van der Waals surface area contributed by atoms with Crippen LogP contribution in [0.15, 0.2) is 54.1 Å². The zero-order chi connectivity index (χ0) is 19.1. The van der Waals surface area contributed by atoms with Gasteiger partial charge in [0.25, 0.3) is 5.91 Å². The smallest absolute Gasteiger partial charge is 0.387 e. The maximum atomic E-state index is 12.4. The van der Waals surface area contributed by atoms with Crippen LogP contribution in [0, 0.1) is 11.3 Å². The third-order valence-electron chi connectivity index (χ3n) is 3.19. The predicted molar refractivity (Wildman–Crippen MR) is 88.7 cm³/mol. The standard InChI is InChI=1S/C18H12F2N2O4/c19-18(20)26-15-4-2-1-3-12(15)9-13(10-21)16(23)22-14-7-5-11(6-8-14)17(24)25/h1-9,18H,(H,22,23)(H,24,25)/b13-9+. The molecule has 0 heterocycles. The summed E-state index contributed by atoms with van der Waals surface area (Å²) in [7, 11) is 0. The van der Waals surface area contributed by atoms with Crippen LogP contribution in [0.5, 0.6) is 5.75 Å². The molecule has 6 nitrogen and oxygen atoms in total. The summed E-state index contributed by atoms with van der Waals surface area (Å²) in [4.78, 5) is 23.0. The summed E-state index contributed by atoms with van der Waals surface area (Å²) in [6.07, 6.45) is 1.12. The number of rotatable bonds is 6. The van der Waals surface area contributed by atoms with Crippen LogP contribution in [0.1, 0.15) is 15.9 Å². The molecule has 8 heteroatoms. The Morgan fingerprint density at radius 2 is 1.81 bits per heavy atom. The minimum atomic E-state index is -3.04. The average molecular weight is 358 g/mol. The highest BCUT2D eigenvalue weighted by Gasteiger charge is 2.13. The van der Waals surface area contributed by atoms with E-state index in [9.17, 15) is 23.6 Å². The first-order valence-electron chi connectivity index (χ1n) is 7.21. The number of carboxylic acid groups (broad SMARTS) is 1. The number of alkyl halides is 2. The van der Waals surface area contributed by atoms with E-state index in [4.69, 9.17) is 5.11 Å². The third kappa shape index (κ3) is 4.88. The number of ether oxygens (including phenoxy) is 1. The Bertz CT molecular complexity index is 887. The fourth-order valence-electron chi connectivity index (χ4n) is 2.00. The number of hydrogen-bond donors (Lipinski definition) is 2. The first-order valence-corrected chi connectivity index (χ1v) is 7.21. The number of anilines is 1. The molecule has 0 bridgehead atoms. The molecule has 0 spiro atoms. The summed E-state index contributed by atoms with van der Waals surface area (Å²) in [6, 6.07) is 12.7. The molecule has 2 aromatic carbocycles. The van der Waals surface area contributed by atoms with E-state index < -0.39 is 18.5 Å². The van der Waals surface area contributed by atoms with Crippen molar-refractivity contribution in [1.29, 1.82) is 5.26 Å². The van der Waals surface area contributed by atoms with Gasteiger partial charge in [-0.15, -0.1) is 0 Å². The Hall–Kier alpha value is -3.73. The Morgan fingerprint density at radius 1 is 1.15 bits per heavy atom. The van der Waals surface area contributed by atoms with Crippen molar-refractivity contribution in [2.75, 3.05) is 5.32 Å². The van der Waals surface area contributed by atoms with Crippen molar-refractivity contribution in [3.05, 3.63) is 65.2 Å². The van der Waals surface area contributed by atoms with Crippen LogP contribution in [-0.2, 0) is 4.79 Å². The van der Waals surface area contributed by atoms with Gasteiger partial charge in [-0.1, -0.05) is 18.2 Å². The predicted octanol–water partition coefficient (Wildman–Crippen LogP) is 3.53. The molecule has 0 atom stereocenters. The van der Waals surface area contributed by atoms with E-state index >= 15 is 0 Å². The third-order valence-corrected chi connectivity index (χ3v) is 3.19. The van der Waals surface area contributed by atoms with Crippen LogP contribution in [0.4, 0.5) is 14.5 Å². The van der Waals surface area contributed by atoms with E-state index in [1.165, 1.54) is 42.5 Å². The number of halogens is 2. The molecule has 0 radical (unpaired) electrons. The zero-order valence-electron chi connectivity index (χ0n) is 13.1. The lowest BCUT2D eigenvalue weighted by Gasteiger charge is -2.08. The highest BCUT2D eigenvalue weighted by molar-refractivity contribution is 6.10. The van der Waals surface area contributed by atoms with Gasteiger partial charge in [-0.3, -0.25) is 4.79 Å². The van der Waals surface area contributed by atoms with Gasteiger partial charge in [-0.2, -0.15) is 14.0 Å². The highest BCUT2D eigenvalue weighted by atomic mass is 19.3. The molecule has 2 rings (SSSR count). The van der Waals surface area contributed by atoms with Gasteiger partial charge >= 0.3 is 12.6 Å². The lowest BCUT2D eigenvalue weighted by Crippen LogP contribution is -2.13. The van der Waals surface area contributed by atoms with Crippen LogP contribution >= 0.6 is 0 Å². The summed E-state index contributed by atoms with van der Waals surface area (Å²) in [6.45, 7) is -3.04. The number of carboxylic acids is 1. The Balaban J connectivity index is 2.22. The fourth-order valence-corrected chi connectivity index (χ4v) is 2.00. The molecule has 0 unspecified atom stereocenters. The van der Waals surface area contributed by atoms with Gasteiger partial charge in [-0.25, -0.2) is 4.79 Å². The fraction of sp³-hybridized carbons (Fsp3) is 0.0556. The van der Waals surface area contributed by atoms with Crippen molar-refractivity contribution in [3.8, 4) is 11.8 Å². The maximum Gasteiger partial charge on any atom is 0.387 e.